The van der Waals surface area contributed by atoms with Crippen molar-refractivity contribution in [2.45, 2.75) is 45.2 Å². The minimum atomic E-state index is -6.86. The van der Waals surface area contributed by atoms with Gasteiger partial charge in [0.25, 0.3) is 0 Å². The second-order valence-electron chi connectivity index (χ2n) is 5.79. The minimum absolute atomic E-state index is 3.81. The standard InChI is InChI=1S/C12Cl4F16/c13-9(25,26)5(17,18)1-2(6(19,20)10(14,27)28)4(8(23,24)12(16,31)32)3(1)7(21,22)11(15,29)30. The van der Waals surface area contributed by atoms with Gasteiger partial charge in [-0.25, -0.2) is 0 Å². The van der Waals surface area contributed by atoms with Gasteiger partial charge < -0.3 is 0 Å². The fourth-order valence-electron chi connectivity index (χ4n) is 2.26. The number of hydrogen-bond acceptors (Lipinski definition) is 0. The van der Waals surface area contributed by atoms with Gasteiger partial charge in [0.2, 0.25) is 0 Å². The van der Waals surface area contributed by atoms with E-state index in [4.69, 9.17) is 0 Å². The van der Waals surface area contributed by atoms with Crippen LogP contribution in [0.4, 0.5) is 70.2 Å². The van der Waals surface area contributed by atoms with Crippen molar-refractivity contribution in [2.75, 3.05) is 0 Å². The van der Waals surface area contributed by atoms with Crippen molar-refractivity contribution >= 4 is 46.4 Å². The Bertz CT molecular complexity index is 684. The Morgan fingerprint density at radius 3 is 0.438 bits per heavy atom. The Hall–Kier alpha value is -0.480. The predicted octanol–water partition coefficient (Wildman–Crippen LogP) is 8.46. The molecular weight excluding hydrogens is 590 g/mol. The maximum Gasteiger partial charge on any atom is 0.388 e. The van der Waals surface area contributed by atoms with Gasteiger partial charge >= 0.3 is 45.2 Å². The van der Waals surface area contributed by atoms with E-state index >= 15 is 0 Å². The van der Waals surface area contributed by atoms with Crippen molar-refractivity contribution < 1.29 is 70.2 Å². The zero-order valence-electron chi connectivity index (χ0n) is 13.6. The van der Waals surface area contributed by atoms with Crippen molar-refractivity contribution in [3.63, 3.8) is 0 Å². The zero-order valence-corrected chi connectivity index (χ0v) is 16.6. The van der Waals surface area contributed by atoms with Crippen LogP contribution in [-0.4, -0.2) is 45.2 Å². The number of halogens is 20. The largest absolute Gasteiger partial charge is 0.388 e. The number of hydrogen-bond donors (Lipinski definition) is 0. The summed E-state index contributed by atoms with van der Waals surface area (Å²) in [7, 11) is 0. The fourth-order valence-corrected chi connectivity index (χ4v) is 2.64. The molecule has 1 rings (SSSR count). The van der Waals surface area contributed by atoms with Gasteiger partial charge in [0, 0.05) is 22.3 Å². The van der Waals surface area contributed by atoms with Crippen molar-refractivity contribution in [3.05, 3.63) is 22.3 Å². The lowest BCUT2D eigenvalue weighted by Crippen LogP contribution is -2.57. The summed E-state index contributed by atoms with van der Waals surface area (Å²) >= 11 is 15.2. The first-order valence-corrected chi connectivity index (χ1v) is 8.29. The van der Waals surface area contributed by atoms with E-state index in [9.17, 15) is 70.2 Å². The van der Waals surface area contributed by atoms with Gasteiger partial charge in [-0.3, -0.25) is 0 Å². The highest BCUT2D eigenvalue weighted by Gasteiger charge is 2.78. The summed E-state index contributed by atoms with van der Waals surface area (Å²) in [6, 6.07) is 0. The molecule has 20 heteroatoms. The van der Waals surface area contributed by atoms with E-state index in [-0.39, 0.29) is 0 Å². The average Bonchev–Trinajstić information content (AvgIpc) is 2.39. The van der Waals surface area contributed by atoms with E-state index in [1.54, 1.807) is 0 Å². The van der Waals surface area contributed by atoms with Crippen LogP contribution in [0, 0.1) is 0 Å². The molecule has 32 heavy (non-hydrogen) atoms. The molecular formula is C12Cl4F16. The molecule has 0 fully saturated rings. The lowest BCUT2D eigenvalue weighted by Gasteiger charge is -2.45. The van der Waals surface area contributed by atoms with E-state index in [1.165, 1.54) is 0 Å². The summed E-state index contributed by atoms with van der Waals surface area (Å²) in [6.07, 6.45) is 0. The van der Waals surface area contributed by atoms with Crippen LogP contribution < -0.4 is 0 Å². The van der Waals surface area contributed by atoms with Crippen molar-refractivity contribution in [1.82, 2.24) is 0 Å². The van der Waals surface area contributed by atoms with Crippen LogP contribution >= 0.6 is 46.4 Å². The Labute approximate surface area is 184 Å². The van der Waals surface area contributed by atoms with E-state index in [0.29, 0.717) is 0 Å². The molecule has 0 aromatic rings. The summed E-state index contributed by atoms with van der Waals surface area (Å²) in [5.74, 6) is -27.5. The van der Waals surface area contributed by atoms with Crippen molar-refractivity contribution in [1.29, 1.82) is 0 Å². The molecule has 0 unspecified atom stereocenters. The highest BCUT2D eigenvalue weighted by molar-refractivity contribution is 6.24. The third kappa shape index (κ3) is 4.21. The normalized spacial score (nSPS) is 18.4. The number of allylic oxidation sites excluding steroid dienone is 4. The third-order valence-corrected chi connectivity index (χ3v) is 4.63. The predicted molar refractivity (Wildman–Crippen MR) is 77.0 cm³/mol. The van der Waals surface area contributed by atoms with Crippen molar-refractivity contribution in [3.8, 4) is 0 Å². The lowest BCUT2D eigenvalue weighted by molar-refractivity contribution is -0.175. The number of rotatable bonds is 8. The highest BCUT2D eigenvalue weighted by atomic mass is 35.5. The van der Waals surface area contributed by atoms with Crippen LogP contribution in [0.3, 0.4) is 0 Å². The summed E-state index contributed by atoms with van der Waals surface area (Å²) in [6.45, 7) is 0. The van der Waals surface area contributed by atoms with Gasteiger partial charge in [-0.2, -0.15) is 70.2 Å². The topological polar surface area (TPSA) is 0 Å². The smallest absolute Gasteiger partial charge is 0.193 e. The molecule has 0 aromatic heterocycles. The molecule has 0 N–H and O–H groups in total. The van der Waals surface area contributed by atoms with Crippen LogP contribution in [0.15, 0.2) is 22.3 Å². The lowest BCUT2D eigenvalue weighted by atomic mass is 9.69. The van der Waals surface area contributed by atoms with E-state index in [2.05, 4.69) is 46.4 Å². The first kappa shape index (κ1) is 29.6. The Kier molecular flexibility index (Phi) is 6.93. The van der Waals surface area contributed by atoms with Crippen LogP contribution in [0.5, 0.6) is 0 Å². The SMILES string of the molecule is FC(F)(Cl)C(F)(F)C1=C(C(F)(F)C(F)(F)Cl)C(C(F)(F)C(F)(F)Cl)=C1C(F)(F)C(F)(F)Cl. The molecule has 0 atom stereocenters. The van der Waals surface area contributed by atoms with Gasteiger partial charge in [0.15, 0.2) is 0 Å². The molecule has 0 heterocycles. The minimum Gasteiger partial charge on any atom is -0.193 e. The maximum atomic E-state index is 13.9. The Balaban J connectivity index is 4.33. The fraction of sp³-hybridized carbons (Fsp3) is 0.667. The maximum absolute atomic E-state index is 13.9. The van der Waals surface area contributed by atoms with Crippen LogP contribution in [-0.2, 0) is 0 Å². The van der Waals surface area contributed by atoms with Gasteiger partial charge in [0.1, 0.15) is 0 Å². The molecule has 188 valence electrons. The average molecular weight is 590 g/mol. The Morgan fingerprint density at radius 1 is 0.281 bits per heavy atom. The summed E-state index contributed by atoms with van der Waals surface area (Å²) in [5.41, 5.74) is -16.3. The van der Waals surface area contributed by atoms with E-state index in [0.717, 1.165) is 0 Å². The number of alkyl halides is 20. The van der Waals surface area contributed by atoms with E-state index < -0.39 is 67.5 Å². The Morgan fingerprint density at radius 2 is 0.375 bits per heavy atom. The second-order valence-corrected chi connectivity index (χ2v) is 7.69. The van der Waals surface area contributed by atoms with Gasteiger partial charge in [-0.05, 0) is 46.4 Å². The molecule has 0 saturated carbocycles. The molecule has 0 nitrogen and oxygen atoms in total. The molecule has 0 saturated heterocycles. The quantitative estimate of drug-likeness (QED) is 0.197. The first-order chi connectivity index (χ1) is 13.5. The molecule has 0 amide bonds. The third-order valence-electron chi connectivity index (χ3n) is 3.68. The molecule has 0 radical (unpaired) electrons. The summed E-state index contributed by atoms with van der Waals surface area (Å²) in [5, 5.41) is -25.6. The molecule has 0 aliphatic heterocycles. The van der Waals surface area contributed by atoms with Crippen LogP contribution in [0.2, 0.25) is 0 Å². The van der Waals surface area contributed by atoms with Gasteiger partial charge in [-0.15, -0.1) is 0 Å². The summed E-state index contributed by atoms with van der Waals surface area (Å²) < 4.78 is 215. The molecule has 1 aliphatic carbocycles. The van der Waals surface area contributed by atoms with Crippen LogP contribution in [0.25, 0.3) is 0 Å². The van der Waals surface area contributed by atoms with Gasteiger partial charge in [-0.1, -0.05) is 0 Å². The molecule has 0 aromatic carbocycles. The van der Waals surface area contributed by atoms with E-state index in [1.807, 2.05) is 0 Å². The molecule has 0 bridgehead atoms. The first-order valence-electron chi connectivity index (χ1n) is 6.78. The monoisotopic (exact) mass is 588 g/mol. The highest BCUT2D eigenvalue weighted by Crippen LogP contribution is 2.67. The molecule has 0 spiro atoms. The molecule has 1 aliphatic rings. The van der Waals surface area contributed by atoms with Gasteiger partial charge in [0.05, 0.1) is 0 Å². The zero-order chi connectivity index (χ0) is 26.3. The van der Waals surface area contributed by atoms with Crippen LogP contribution in [0.1, 0.15) is 0 Å². The second kappa shape index (κ2) is 7.51. The summed E-state index contributed by atoms with van der Waals surface area (Å²) in [4.78, 5) is 0. The van der Waals surface area contributed by atoms with Crippen molar-refractivity contribution in [2.24, 2.45) is 0 Å².